The summed E-state index contributed by atoms with van der Waals surface area (Å²) >= 11 is 0. The van der Waals surface area contributed by atoms with Gasteiger partial charge in [-0.3, -0.25) is 19.8 Å². The molecule has 9 heterocycles. The number of hydrogen-bond donors (Lipinski definition) is 0. The predicted octanol–water partition coefficient (Wildman–Crippen LogP) is 11.4. The number of pyridine rings is 2. The fourth-order valence-corrected chi connectivity index (χ4v) is 12.1. The van der Waals surface area contributed by atoms with Crippen LogP contribution in [0.1, 0.15) is 75.7 Å². The summed E-state index contributed by atoms with van der Waals surface area (Å²) in [5.41, 5.74) is 6.48. The number of fused-ring (bicyclic) bond motifs is 8. The molecule has 6 fully saturated rings. The fourth-order valence-electron chi connectivity index (χ4n) is 12.1. The maximum atomic E-state index is 7.76. The Kier molecular flexibility index (Phi) is 11.8. The maximum Gasteiger partial charge on any atom is 0.229 e. The van der Waals surface area contributed by atoms with Gasteiger partial charge in [-0.05, 0) is 117 Å². The molecule has 7 aromatic rings. The van der Waals surface area contributed by atoms with Crippen LogP contribution in [0.5, 0.6) is 23.3 Å². The van der Waals surface area contributed by atoms with Gasteiger partial charge in [0, 0.05) is 52.9 Å². The van der Waals surface area contributed by atoms with Gasteiger partial charge in [-0.15, -0.1) is 0 Å². The molecule has 0 aliphatic carbocycles. The van der Waals surface area contributed by atoms with Crippen LogP contribution in [0.4, 0.5) is 0 Å². The molecule has 10 nitrogen and oxygen atoms in total. The van der Waals surface area contributed by atoms with Crippen LogP contribution in [0.3, 0.4) is 0 Å². The van der Waals surface area contributed by atoms with E-state index in [0.29, 0.717) is 41.3 Å². The van der Waals surface area contributed by atoms with Gasteiger partial charge in [0.1, 0.15) is 29.3 Å². The number of hydrogen-bond acceptors (Lipinski definition) is 10. The van der Waals surface area contributed by atoms with E-state index in [-0.39, 0.29) is 12.1 Å². The van der Waals surface area contributed by atoms with Crippen LogP contribution in [0.25, 0.3) is 44.3 Å². The second-order valence-corrected chi connectivity index (χ2v) is 18.9. The van der Waals surface area contributed by atoms with Gasteiger partial charge in [-0.1, -0.05) is 87.4 Å². The quantitative estimate of drug-likeness (QED) is 0.105. The van der Waals surface area contributed by atoms with Crippen LogP contribution in [0.2, 0.25) is 0 Å². The lowest BCUT2D eigenvalue weighted by atomic mass is 9.72. The van der Waals surface area contributed by atoms with Crippen LogP contribution in [0.15, 0.2) is 122 Å². The predicted molar refractivity (Wildman–Crippen MR) is 260 cm³/mol. The van der Waals surface area contributed by atoms with Crippen molar-refractivity contribution in [2.24, 2.45) is 23.7 Å². The Labute approximate surface area is 388 Å². The van der Waals surface area contributed by atoms with Crippen molar-refractivity contribution < 1.29 is 18.9 Å². The Morgan fingerprint density at radius 3 is 1.47 bits per heavy atom. The summed E-state index contributed by atoms with van der Waals surface area (Å²) in [6.45, 7) is 8.88. The summed E-state index contributed by atoms with van der Waals surface area (Å²) in [7, 11) is 3.44. The Morgan fingerprint density at radius 2 is 1.05 bits per heavy atom. The Bertz CT molecular complexity index is 2680. The van der Waals surface area contributed by atoms with Crippen LogP contribution in [0, 0.1) is 23.7 Å². The molecule has 10 heteroatoms. The summed E-state index contributed by atoms with van der Waals surface area (Å²) < 4.78 is 27.2. The highest BCUT2D eigenvalue weighted by atomic mass is 16.5. The molecule has 6 saturated heterocycles. The van der Waals surface area contributed by atoms with Crippen molar-refractivity contribution in [3.63, 3.8) is 0 Å². The average Bonchev–Trinajstić information content (AvgIpc) is 3.39. The third kappa shape index (κ3) is 7.91. The molecular formula is C56H60N6O4. The third-order valence-corrected chi connectivity index (χ3v) is 15.6. The van der Waals surface area contributed by atoms with E-state index in [0.717, 1.165) is 100 Å². The first-order valence-corrected chi connectivity index (χ1v) is 24.2. The van der Waals surface area contributed by atoms with Crippen molar-refractivity contribution in [2.45, 2.75) is 76.7 Å². The van der Waals surface area contributed by atoms with Crippen molar-refractivity contribution in [3.8, 4) is 45.8 Å². The van der Waals surface area contributed by atoms with Gasteiger partial charge in [0.15, 0.2) is 5.82 Å². The molecule has 4 bridgehead atoms. The van der Waals surface area contributed by atoms with E-state index in [2.05, 4.69) is 90.4 Å². The second-order valence-electron chi connectivity index (χ2n) is 18.9. The van der Waals surface area contributed by atoms with Crippen LogP contribution < -0.4 is 18.9 Å². The van der Waals surface area contributed by atoms with Crippen LogP contribution in [-0.4, -0.2) is 82.2 Å². The molecule has 0 spiro atoms. The minimum atomic E-state index is -0.393. The van der Waals surface area contributed by atoms with Crippen molar-refractivity contribution >= 4 is 21.8 Å². The van der Waals surface area contributed by atoms with E-state index in [1.54, 1.807) is 14.2 Å². The molecule has 6 aliphatic heterocycles. The van der Waals surface area contributed by atoms with Crippen LogP contribution >= 0.6 is 0 Å². The minimum absolute atomic E-state index is 0.106. The Morgan fingerprint density at radius 1 is 0.576 bits per heavy atom. The number of aromatic nitrogens is 4. The van der Waals surface area contributed by atoms with Crippen molar-refractivity contribution in [1.82, 2.24) is 29.7 Å². The zero-order valence-corrected chi connectivity index (χ0v) is 38.6. The van der Waals surface area contributed by atoms with Crippen molar-refractivity contribution in [1.29, 1.82) is 0 Å². The molecule has 13 rings (SSSR count). The summed E-state index contributed by atoms with van der Waals surface area (Å²) in [5, 5.41) is 2.02. The number of rotatable bonds is 14. The van der Waals surface area contributed by atoms with Gasteiger partial charge < -0.3 is 18.9 Å². The molecule has 6 aliphatic rings. The SMILES string of the molecule is CC[C@@H]1CN2CC[C@H]1C[C@@H]2[C@H](Oc1nc(-c2ccccc2)nc(O[C@H](c2ccnc3ccc(OC)cc23)[C@@H]2C[C@H]3CCN2C[C@@H]3CC)c1-c1ccccc1)c1ccnc2ccc(OC)cc12. The monoisotopic (exact) mass is 880 g/mol. The highest BCUT2D eigenvalue weighted by Crippen LogP contribution is 2.50. The molecular weight excluding hydrogens is 821 g/mol. The summed E-state index contributed by atoms with van der Waals surface area (Å²) in [4.78, 5) is 26.0. The van der Waals surface area contributed by atoms with Crippen molar-refractivity contribution in [3.05, 3.63) is 133 Å². The molecule has 2 unspecified atom stereocenters. The highest BCUT2D eigenvalue weighted by molar-refractivity contribution is 5.85. The molecule has 10 atom stereocenters. The smallest absolute Gasteiger partial charge is 0.229 e. The lowest BCUT2D eigenvalue weighted by Crippen LogP contribution is -2.56. The topological polar surface area (TPSA) is 95.0 Å². The summed E-state index contributed by atoms with van der Waals surface area (Å²) in [5.74, 6) is 5.70. The number of ether oxygens (including phenoxy) is 4. The minimum Gasteiger partial charge on any atom is -0.497 e. The standard InChI is InChI=1S/C56H60N6O4/c1-5-35-33-61-27-23-39(35)29-49(61)52(43-21-25-57-47-19-17-41(63-3)31-45(43)47)65-55-51(37-13-9-7-10-14-37)56(60-54(59-55)38-15-11-8-12-16-38)66-53(50-30-40-24-28-62(50)34-36(40)6-2)44-22-26-58-48-20-18-42(64-4)32-46(44)48/h7-22,25-26,31-32,35-36,39-40,49-50,52-53H,5-6,23-24,27-30,33-34H2,1-4H3/t35-,36+,39+,40-,49-,50+,52-,53-/m1/s1. The molecule has 3 aromatic heterocycles. The molecule has 0 N–H and O–H groups in total. The molecule has 66 heavy (non-hydrogen) atoms. The summed E-state index contributed by atoms with van der Waals surface area (Å²) in [6.07, 6.45) is 9.90. The maximum absolute atomic E-state index is 7.76. The number of methoxy groups -OCH3 is 2. The van der Waals surface area contributed by atoms with E-state index in [4.69, 9.17) is 38.9 Å². The van der Waals surface area contributed by atoms with E-state index < -0.39 is 12.2 Å². The fraction of sp³-hybridized carbons (Fsp3) is 0.393. The normalized spacial score (nSPS) is 25.4. The lowest BCUT2D eigenvalue weighted by molar-refractivity contribution is -0.0510. The number of piperidine rings is 6. The Balaban J connectivity index is 1.13. The van der Waals surface area contributed by atoms with E-state index in [1.807, 2.05) is 54.9 Å². The van der Waals surface area contributed by atoms with Gasteiger partial charge in [0.2, 0.25) is 11.8 Å². The second kappa shape index (κ2) is 18.3. The first kappa shape index (κ1) is 42.5. The number of benzene rings is 4. The Hall–Kier alpha value is -6.10. The van der Waals surface area contributed by atoms with E-state index >= 15 is 0 Å². The number of nitrogens with zero attached hydrogens (tertiary/aromatic N) is 6. The lowest BCUT2D eigenvalue weighted by Gasteiger charge is -2.52. The zero-order chi connectivity index (χ0) is 44.7. The first-order chi connectivity index (χ1) is 32.5. The van der Waals surface area contributed by atoms with Gasteiger partial charge in [0.25, 0.3) is 0 Å². The highest BCUT2D eigenvalue weighted by Gasteiger charge is 2.47. The van der Waals surface area contributed by atoms with Gasteiger partial charge >= 0.3 is 0 Å². The van der Waals surface area contributed by atoms with Gasteiger partial charge in [0.05, 0.1) is 37.3 Å². The third-order valence-electron chi connectivity index (χ3n) is 15.6. The largest absolute Gasteiger partial charge is 0.497 e. The average molecular weight is 881 g/mol. The van der Waals surface area contributed by atoms with Crippen LogP contribution in [-0.2, 0) is 0 Å². The molecule has 0 saturated carbocycles. The van der Waals surface area contributed by atoms with Gasteiger partial charge in [-0.2, -0.15) is 9.97 Å². The van der Waals surface area contributed by atoms with E-state index in [9.17, 15) is 0 Å². The molecule has 0 amide bonds. The molecule has 338 valence electrons. The zero-order valence-electron chi connectivity index (χ0n) is 38.6. The summed E-state index contributed by atoms with van der Waals surface area (Å²) in [6, 6.07) is 37.4. The molecule has 0 radical (unpaired) electrons. The molecule has 4 aromatic carbocycles. The van der Waals surface area contributed by atoms with Gasteiger partial charge in [-0.25, -0.2) is 0 Å². The van der Waals surface area contributed by atoms with E-state index in [1.165, 1.54) is 25.7 Å². The van der Waals surface area contributed by atoms with Crippen molar-refractivity contribution in [2.75, 3.05) is 40.4 Å². The first-order valence-electron chi connectivity index (χ1n) is 24.2.